The molecule has 5 heteroatoms. The topological polar surface area (TPSA) is 46.6 Å². The summed E-state index contributed by atoms with van der Waals surface area (Å²) in [7, 11) is 0. The number of nitrogens with zero attached hydrogens (tertiary/aromatic N) is 1. The Balaban J connectivity index is 2.31. The van der Waals surface area contributed by atoms with Crippen molar-refractivity contribution in [3.05, 3.63) is 0 Å². The van der Waals surface area contributed by atoms with Crippen LogP contribution in [-0.4, -0.2) is 41.3 Å². The van der Waals surface area contributed by atoms with Gasteiger partial charge in [-0.25, -0.2) is 4.79 Å². The molecule has 4 nitrogen and oxygen atoms in total. The third-order valence-electron chi connectivity index (χ3n) is 2.34. The molecule has 1 rings (SSSR count). The molecule has 0 aliphatic carbocycles. The molecule has 1 amide bonds. The molecule has 1 aliphatic heterocycles. The van der Waals surface area contributed by atoms with Gasteiger partial charge in [0.15, 0.2) is 0 Å². The molecule has 1 heterocycles. The van der Waals surface area contributed by atoms with Crippen molar-refractivity contribution in [2.24, 2.45) is 0 Å². The number of hydrogen-bond donors (Lipinski definition) is 0. The molecule has 1 fully saturated rings. The van der Waals surface area contributed by atoms with Crippen molar-refractivity contribution in [1.29, 1.82) is 0 Å². The summed E-state index contributed by atoms with van der Waals surface area (Å²) in [5, 5.41) is 0. The largest absolute Gasteiger partial charge is 0.449 e. The first-order chi connectivity index (χ1) is 7.15. The maximum atomic E-state index is 11.5. The second kappa shape index (κ2) is 6.10. The van der Waals surface area contributed by atoms with Gasteiger partial charge in [-0.2, -0.15) is 0 Å². The highest BCUT2D eigenvalue weighted by Crippen LogP contribution is 2.14. The number of carbonyl (C=O) groups excluding carboxylic acids is 2. The molecular weight excluding hydrogens is 262 g/mol. The minimum atomic E-state index is -0.305. The summed E-state index contributed by atoms with van der Waals surface area (Å²) in [5.41, 5.74) is 0. The van der Waals surface area contributed by atoms with Crippen LogP contribution in [0.15, 0.2) is 0 Å². The molecule has 0 aromatic rings. The maximum absolute atomic E-state index is 11.5. The van der Waals surface area contributed by atoms with E-state index in [1.807, 2.05) is 6.92 Å². The van der Waals surface area contributed by atoms with Crippen LogP contribution in [0.2, 0.25) is 0 Å². The second-order valence-electron chi connectivity index (χ2n) is 3.60. The number of alkyl halides is 1. The summed E-state index contributed by atoms with van der Waals surface area (Å²) < 4.78 is 5.06. The van der Waals surface area contributed by atoms with Crippen LogP contribution in [0.4, 0.5) is 4.79 Å². The van der Waals surface area contributed by atoms with Gasteiger partial charge in [-0.15, -0.1) is 0 Å². The summed E-state index contributed by atoms with van der Waals surface area (Å²) >= 11 is 3.25. The lowest BCUT2D eigenvalue weighted by atomic mass is 10.1. The zero-order valence-corrected chi connectivity index (χ0v) is 10.5. The Morgan fingerprint density at radius 2 is 2.40 bits per heavy atom. The van der Waals surface area contributed by atoms with Crippen molar-refractivity contribution >= 4 is 27.8 Å². The van der Waals surface area contributed by atoms with Gasteiger partial charge in [0.05, 0.1) is 11.4 Å². The number of halogens is 1. The predicted molar refractivity (Wildman–Crippen MR) is 60.2 cm³/mol. The Bertz CT molecular complexity index is 245. The van der Waals surface area contributed by atoms with Crippen LogP contribution in [-0.2, 0) is 9.53 Å². The fourth-order valence-corrected chi connectivity index (χ4v) is 1.93. The molecule has 86 valence electrons. The van der Waals surface area contributed by atoms with Crippen LogP contribution in [0.25, 0.3) is 0 Å². The monoisotopic (exact) mass is 277 g/mol. The Labute approximate surface area is 98.1 Å². The van der Waals surface area contributed by atoms with E-state index < -0.39 is 0 Å². The SMILES string of the molecule is CCCCOC(=O)N1CCC(=O)C(Br)C1. The van der Waals surface area contributed by atoms with Gasteiger partial charge < -0.3 is 9.64 Å². The van der Waals surface area contributed by atoms with Gasteiger partial charge in [-0.05, 0) is 6.42 Å². The van der Waals surface area contributed by atoms with Crippen LogP contribution in [0.3, 0.4) is 0 Å². The van der Waals surface area contributed by atoms with Crippen LogP contribution < -0.4 is 0 Å². The number of Topliss-reactive ketones (excluding diaryl/α,β-unsaturated/α-hetero) is 1. The summed E-state index contributed by atoms with van der Waals surface area (Å²) in [5.74, 6) is 0.160. The minimum Gasteiger partial charge on any atom is -0.449 e. The first-order valence-corrected chi connectivity index (χ1v) is 6.15. The summed E-state index contributed by atoms with van der Waals surface area (Å²) in [4.78, 5) is 24.0. The van der Waals surface area contributed by atoms with Crippen molar-refractivity contribution in [3.63, 3.8) is 0 Å². The molecule has 0 aromatic carbocycles. The van der Waals surface area contributed by atoms with E-state index >= 15 is 0 Å². The molecule has 15 heavy (non-hydrogen) atoms. The first kappa shape index (κ1) is 12.5. The highest BCUT2D eigenvalue weighted by molar-refractivity contribution is 9.10. The lowest BCUT2D eigenvalue weighted by molar-refractivity contribution is -0.120. The van der Waals surface area contributed by atoms with Gasteiger partial charge in [0.2, 0.25) is 0 Å². The maximum Gasteiger partial charge on any atom is 0.409 e. The first-order valence-electron chi connectivity index (χ1n) is 5.23. The Morgan fingerprint density at radius 1 is 1.67 bits per heavy atom. The molecule has 1 aliphatic rings. The number of hydrogen-bond acceptors (Lipinski definition) is 3. The van der Waals surface area contributed by atoms with Gasteiger partial charge in [-0.3, -0.25) is 4.79 Å². The standard InChI is InChI=1S/C10H16BrNO3/c1-2-3-6-15-10(14)12-5-4-9(13)8(11)7-12/h8H,2-7H2,1H3. The summed E-state index contributed by atoms with van der Waals surface area (Å²) in [6.07, 6.45) is 2.00. The number of unbranched alkanes of at least 4 members (excludes halogenated alkanes) is 1. The third-order valence-corrected chi connectivity index (χ3v) is 3.14. The van der Waals surface area contributed by atoms with E-state index in [0.717, 1.165) is 12.8 Å². The Morgan fingerprint density at radius 3 is 3.00 bits per heavy atom. The van der Waals surface area contributed by atoms with E-state index in [1.165, 1.54) is 0 Å². The highest BCUT2D eigenvalue weighted by atomic mass is 79.9. The third kappa shape index (κ3) is 3.81. The number of carbonyl (C=O) groups is 2. The zero-order chi connectivity index (χ0) is 11.3. The molecule has 1 saturated heterocycles. The van der Waals surface area contributed by atoms with Crippen molar-refractivity contribution in [2.75, 3.05) is 19.7 Å². The number of ketones is 1. The molecule has 0 N–H and O–H groups in total. The smallest absolute Gasteiger partial charge is 0.409 e. The predicted octanol–water partition coefficient (Wildman–Crippen LogP) is 1.96. The highest BCUT2D eigenvalue weighted by Gasteiger charge is 2.28. The molecule has 0 saturated carbocycles. The minimum absolute atomic E-state index is 0.160. The number of piperidine rings is 1. The van der Waals surface area contributed by atoms with Gasteiger partial charge >= 0.3 is 6.09 Å². The molecule has 0 spiro atoms. The van der Waals surface area contributed by atoms with Crippen molar-refractivity contribution < 1.29 is 14.3 Å². The average molecular weight is 278 g/mol. The number of likely N-dealkylation sites (tertiary alicyclic amines) is 1. The number of ether oxygens (including phenoxy) is 1. The normalized spacial score (nSPS) is 21.6. The van der Waals surface area contributed by atoms with Crippen molar-refractivity contribution in [2.45, 2.75) is 31.0 Å². The lowest BCUT2D eigenvalue weighted by Gasteiger charge is -2.28. The van der Waals surface area contributed by atoms with E-state index in [2.05, 4.69) is 15.9 Å². The molecule has 1 atom stereocenters. The van der Waals surface area contributed by atoms with Crippen LogP contribution in [0, 0.1) is 0 Å². The number of rotatable bonds is 3. The van der Waals surface area contributed by atoms with Crippen molar-refractivity contribution in [3.8, 4) is 0 Å². The van der Waals surface area contributed by atoms with E-state index in [4.69, 9.17) is 4.74 Å². The van der Waals surface area contributed by atoms with Gasteiger partial charge in [-0.1, -0.05) is 29.3 Å². The fourth-order valence-electron chi connectivity index (χ4n) is 1.35. The van der Waals surface area contributed by atoms with E-state index in [0.29, 0.717) is 26.1 Å². The van der Waals surface area contributed by atoms with Gasteiger partial charge in [0.1, 0.15) is 5.78 Å². The lowest BCUT2D eigenvalue weighted by Crippen LogP contribution is -2.44. The van der Waals surface area contributed by atoms with Crippen LogP contribution in [0.5, 0.6) is 0 Å². The van der Waals surface area contributed by atoms with E-state index in [-0.39, 0.29) is 16.7 Å². The molecule has 1 unspecified atom stereocenters. The van der Waals surface area contributed by atoms with Crippen molar-refractivity contribution in [1.82, 2.24) is 4.90 Å². The molecule has 0 bridgehead atoms. The fraction of sp³-hybridized carbons (Fsp3) is 0.800. The molecule has 0 aromatic heterocycles. The Kier molecular flexibility index (Phi) is 5.08. The van der Waals surface area contributed by atoms with E-state index in [1.54, 1.807) is 4.90 Å². The van der Waals surface area contributed by atoms with Crippen LogP contribution >= 0.6 is 15.9 Å². The molecule has 0 radical (unpaired) electrons. The quantitative estimate of drug-likeness (QED) is 0.585. The summed E-state index contributed by atoms with van der Waals surface area (Å²) in [6.45, 7) is 3.41. The average Bonchev–Trinajstić information content (AvgIpc) is 2.22. The second-order valence-corrected chi connectivity index (χ2v) is 4.70. The molecular formula is C10H16BrNO3. The van der Waals surface area contributed by atoms with E-state index in [9.17, 15) is 9.59 Å². The van der Waals surface area contributed by atoms with Crippen LogP contribution in [0.1, 0.15) is 26.2 Å². The zero-order valence-electron chi connectivity index (χ0n) is 8.87. The Hall–Kier alpha value is -0.580. The van der Waals surface area contributed by atoms with Gasteiger partial charge in [0, 0.05) is 19.5 Å². The van der Waals surface area contributed by atoms with Gasteiger partial charge in [0.25, 0.3) is 0 Å². The number of amides is 1. The summed E-state index contributed by atoms with van der Waals surface area (Å²) in [6, 6.07) is 0.